The van der Waals surface area contributed by atoms with Gasteiger partial charge >= 0.3 is 0 Å². The molecule has 1 atom stereocenters. The van der Waals surface area contributed by atoms with Gasteiger partial charge in [0.1, 0.15) is 0 Å². The van der Waals surface area contributed by atoms with Crippen LogP contribution in [0.3, 0.4) is 0 Å². The molecule has 1 heterocycles. The van der Waals surface area contributed by atoms with E-state index in [2.05, 4.69) is 24.0 Å². The van der Waals surface area contributed by atoms with E-state index >= 15 is 0 Å². The van der Waals surface area contributed by atoms with E-state index in [0.717, 1.165) is 5.92 Å². The van der Waals surface area contributed by atoms with Crippen LogP contribution in [0.1, 0.15) is 32.6 Å². The number of hydrogen-bond acceptors (Lipinski definition) is 2. The molecule has 1 aliphatic carbocycles. The SMILES string of the molecule is CC1(NCC2CCSC2)CCC1. The smallest absolute Gasteiger partial charge is 0.0153 e. The van der Waals surface area contributed by atoms with Crippen molar-refractivity contribution in [1.82, 2.24) is 5.32 Å². The van der Waals surface area contributed by atoms with E-state index in [4.69, 9.17) is 0 Å². The van der Waals surface area contributed by atoms with Crippen molar-refractivity contribution >= 4 is 11.8 Å². The summed E-state index contributed by atoms with van der Waals surface area (Å²) in [6.45, 7) is 3.64. The first-order chi connectivity index (χ1) is 5.79. The van der Waals surface area contributed by atoms with E-state index in [1.54, 1.807) is 0 Å². The van der Waals surface area contributed by atoms with Crippen molar-refractivity contribution in [2.24, 2.45) is 5.92 Å². The van der Waals surface area contributed by atoms with Crippen LogP contribution < -0.4 is 5.32 Å². The number of thioether (sulfide) groups is 1. The van der Waals surface area contributed by atoms with Crippen molar-refractivity contribution in [3.8, 4) is 0 Å². The van der Waals surface area contributed by atoms with Gasteiger partial charge in [0.2, 0.25) is 0 Å². The van der Waals surface area contributed by atoms with Crippen LogP contribution in [0.2, 0.25) is 0 Å². The summed E-state index contributed by atoms with van der Waals surface area (Å²) in [5.74, 6) is 3.75. The Morgan fingerprint density at radius 3 is 2.83 bits per heavy atom. The third kappa shape index (κ3) is 1.97. The summed E-state index contributed by atoms with van der Waals surface area (Å²) in [6, 6.07) is 0. The van der Waals surface area contributed by atoms with Crippen LogP contribution in [0.15, 0.2) is 0 Å². The quantitative estimate of drug-likeness (QED) is 0.724. The Kier molecular flexibility index (Phi) is 2.66. The fourth-order valence-corrected chi connectivity index (χ4v) is 3.30. The third-order valence-corrected chi connectivity index (χ3v) is 4.53. The molecule has 2 heteroatoms. The van der Waals surface area contributed by atoms with Crippen molar-refractivity contribution < 1.29 is 0 Å². The van der Waals surface area contributed by atoms with Gasteiger partial charge in [-0.15, -0.1) is 0 Å². The first-order valence-electron chi connectivity index (χ1n) is 5.11. The van der Waals surface area contributed by atoms with Crippen molar-refractivity contribution in [3.63, 3.8) is 0 Å². The Bertz CT molecular complexity index is 148. The van der Waals surface area contributed by atoms with Crippen LogP contribution in [0.25, 0.3) is 0 Å². The van der Waals surface area contributed by atoms with Crippen molar-refractivity contribution in [1.29, 1.82) is 0 Å². The first-order valence-corrected chi connectivity index (χ1v) is 6.27. The van der Waals surface area contributed by atoms with Crippen LogP contribution in [0.5, 0.6) is 0 Å². The average molecular weight is 185 g/mol. The highest BCUT2D eigenvalue weighted by Gasteiger charge is 2.31. The van der Waals surface area contributed by atoms with Gasteiger partial charge in [0, 0.05) is 5.54 Å². The van der Waals surface area contributed by atoms with Crippen LogP contribution >= 0.6 is 11.8 Å². The van der Waals surface area contributed by atoms with Crippen LogP contribution in [-0.4, -0.2) is 23.6 Å². The van der Waals surface area contributed by atoms with E-state index in [0.29, 0.717) is 5.54 Å². The average Bonchev–Trinajstić information content (AvgIpc) is 2.49. The Morgan fingerprint density at radius 1 is 1.50 bits per heavy atom. The molecule has 1 aliphatic heterocycles. The minimum absolute atomic E-state index is 0.521. The minimum Gasteiger partial charge on any atom is -0.311 e. The number of rotatable bonds is 3. The highest BCUT2D eigenvalue weighted by Crippen LogP contribution is 2.32. The maximum Gasteiger partial charge on any atom is 0.0153 e. The zero-order valence-electron chi connectivity index (χ0n) is 7.94. The summed E-state index contributed by atoms with van der Waals surface area (Å²) >= 11 is 2.12. The lowest BCUT2D eigenvalue weighted by Crippen LogP contribution is -2.49. The van der Waals surface area contributed by atoms with Gasteiger partial charge in [-0.25, -0.2) is 0 Å². The zero-order chi connectivity index (χ0) is 8.44. The Morgan fingerprint density at radius 2 is 2.33 bits per heavy atom. The standard InChI is InChI=1S/C10H19NS/c1-10(4-2-5-10)11-7-9-3-6-12-8-9/h9,11H,2-8H2,1H3. The van der Waals surface area contributed by atoms with Gasteiger partial charge < -0.3 is 5.32 Å². The summed E-state index contributed by atoms with van der Waals surface area (Å²) in [4.78, 5) is 0. The molecular weight excluding hydrogens is 166 g/mol. The van der Waals surface area contributed by atoms with E-state index in [1.807, 2.05) is 0 Å². The van der Waals surface area contributed by atoms with Gasteiger partial charge in [0.25, 0.3) is 0 Å². The van der Waals surface area contributed by atoms with Crippen LogP contribution in [0.4, 0.5) is 0 Å². The molecule has 0 radical (unpaired) electrons. The molecule has 0 aromatic rings. The van der Waals surface area contributed by atoms with Gasteiger partial charge in [0.05, 0.1) is 0 Å². The summed E-state index contributed by atoms with van der Waals surface area (Å²) in [5, 5.41) is 3.72. The molecular formula is C10H19NS. The number of hydrogen-bond donors (Lipinski definition) is 1. The highest BCUT2D eigenvalue weighted by atomic mass is 32.2. The molecule has 2 fully saturated rings. The molecule has 1 saturated heterocycles. The van der Waals surface area contributed by atoms with Crippen LogP contribution in [-0.2, 0) is 0 Å². The van der Waals surface area contributed by atoms with Crippen LogP contribution in [0, 0.1) is 5.92 Å². The predicted octanol–water partition coefficient (Wildman–Crippen LogP) is 2.27. The van der Waals surface area contributed by atoms with Gasteiger partial charge in [0.15, 0.2) is 0 Å². The zero-order valence-corrected chi connectivity index (χ0v) is 8.75. The summed E-state index contributed by atoms with van der Waals surface area (Å²) in [5.41, 5.74) is 0.521. The molecule has 0 spiro atoms. The summed E-state index contributed by atoms with van der Waals surface area (Å²) < 4.78 is 0. The Labute approximate surface area is 79.7 Å². The second kappa shape index (κ2) is 3.59. The lowest BCUT2D eigenvalue weighted by Gasteiger charge is -2.40. The topological polar surface area (TPSA) is 12.0 Å². The minimum atomic E-state index is 0.521. The van der Waals surface area contributed by atoms with E-state index < -0.39 is 0 Å². The highest BCUT2D eigenvalue weighted by molar-refractivity contribution is 7.99. The molecule has 2 rings (SSSR count). The molecule has 0 aromatic carbocycles. The molecule has 70 valence electrons. The molecule has 1 unspecified atom stereocenters. The molecule has 0 aromatic heterocycles. The van der Waals surface area contributed by atoms with Crippen molar-refractivity contribution in [3.05, 3.63) is 0 Å². The maximum atomic E-state index is 3.72. The second-order valence-corrected chi connectivity index (χ2v) is 5.67. The molecule has 0 bridgehead atoms. The molecule has 2 aliphatic rings. The lowest BCUT2D eigenvalue weighted by molar-refractivity contribution is 0.200. The van der Waals surface area contributed by atoms with E-state index in [-0.39, 0.29) is 0 Å². The first kappa shape index (κ1) is 8.89. The molecule has 12 heavy (non-hydrogen) atoms. The summed E-state index contributed by atoms with van der Waals surface area (Å²) in [6.07, 6.45) is 5.66. The number of nitrogens with one attached hydrogen (secondary N) is 1. The normalized spacial score (nSPS) is 33.2. The fraction of sp³-hybridized carbons (Fsp3) is 1.00. The molecule has 1 N–H and O–H groups in total. The van der Waals surface area contributed by atoms with Gasteiger partial charge in [-0.3, -0.25) is 0 Å². The van der Waals surface area contributed by atoms with Crippen molar-refractivity contribution in [2.75, 3.05) is 18.1 Å². The fourth-order valence-electron chi connectivity index (χ4n) is 2.02. The molecule has 0 amide bonds. The van der Waals surface area contributed by atoms with Gasteiger partial charge in [-0.1, -0.05) is 0 Å². The second-order valence-electron chi connectivity index (χ2n) is 4.52. The largest absolute Gasteiger partial charge is 0.311 e. The monoisotopic (exact) mass is 185 g/mol. The third-order valence-electron chi connectivity index (χ3n) is 3.30. The van der Waals surface area contributed by atoms with Gasteiger partial charge in [-0.2, -0.15) is 11.8 Å². The van der Waals surface area contributed by atoms with E-state index in [9.17, 15) is 0 Å². The summed E-state index contributed by atoms with van der Waals surface area (Å²) in [7, 11) is 0. The molecule has 1 saturated carbocycles. The predicted molar refractivity (Wildman–Crippen MR) is 55.7 cm³/mol. The van der Waals surface area contributed by atoms with Crippen molar-refractivity contribution in [2.45, 2.75) is 38.1 Å². The van der Waals surface area contributed by atoms with Gasteiger partial charge in [-0.05, 0) is 56.6 Å². The Balaban J connectivity index is 1.67. The Hall–Kier alpha value is 0.310. The maximum absolute atomic E-state index is 3.72. The lowest BCUT2D eigenvalue weighted by atomic mass is 9.78. The van der Waals surface area contributed by atoms with E-state index in [1.165, 1.54) is 43.7 Å². The molecule has 1 nitrogen and oxygen atoms in total.